The normalized spacial score (nSPS) is 25.7. The summed E-state index contributed by atoms with van der Waals surface area (Å²) in [7, 11) is 0. The van der Waals surface area contributed by atoms with Crippen LogP contribution in [0.2, 0.25) is 0 Å². The summed E-state index contributed by atoms with van der Waals surface area (Å²) < 4.78 is 6.13. The molecule has 0 aromatic rings. The van der Waals surface area contributed by atoms with Gasteiger partial charge in [0.25, 0.3) is 0 Å². The van der Waals surface area contributed by atoms with Gasteiger partial charge in [0, 0.05) is 0 Å². The quantitative estimate of drug-likeness (QED) is 0.634. The molecule has 0 amide bonds. The van der Waals surface area contributed by atoms with Crippen molar-refractivity contribution in [2.45, 2.75) is 76.4 Å². The summed E-state index contributed by atoms with van der Waals surface area (Å²) in [5.41, 5.74) is 0. The van der Waals surface area contributed by atoms with E-state index >= 15 is 0 Å². The first kappa shape index (κ1) is 12.8. The molecular formula is C12H24MgO. The zero-order valence-corrected chi connectivity index (χ0v) is 8.63. The average molecular weight is 209 g/mol. The van der Waals surface area contributed by atoms with Crippen molar-refractivity contribution in [3.05, 3.63) is 0 Å². The smallest absolute Gasteiger partial charge is 0.316 e. The van der Waals surface area contributed by atoms with E-state index in [1.807, 2.05) is 0 Å². The minimum Gasteiger partial charge on any atom is -0.375 e. The fourth-order valence-electron chi connectivity index (χ4n) is 2.67. The number of ether oxygens (including phenoxy) is 1. The van der Waals surface area contributed by atoms with Crippen LogP contribution in [0, 0.1) is 0 Å². The molecular weight excluding hydrogens is 184 g/mol. The van der Waals surface area contributed by atoms with E-state index in [-0.39, 0.29) is 23.1 Å². The van der Waals surface area contributed by atoms with Gasteiger partial charge in [-0.25, -0.2) is 0 Å². The Morgan fingerprint density at radius 2 is 0.929 bits per heavy atom. The van der Waals surface area contributed by atoms with Crippen LogP contribution in [0.3, 0.4) is 0 Å². The van der Waals surface area contributed by atoms with Gasteiger partial charge in [-0.15, -0.1) is 0 Å². The topological polar surface area (TPSA) is 9.23 Å². The highest BCUT2D eigenvalue weighted by atomic mass is 24.3. The van der Waals surface area contributed by atoms with Crippen LogP contribution in [0.4, 0.5) is 0 Å². The Bertz CT molecular complexity index is 121. The minimum absolute atomic E-state index is 0. The van der Waals surface area contributed by atoms with Crippen LogP contribution in [0.25, 0.3) is 0 Å². The van der Waals surface area contributed by atoms with E-state index in [2.05, 4.69) is 0 Å². The van der Waals surface area contributed by atoms with Gasteiger partial charge in [0.2, 0.25) is 0 Å². The van der Waals surface area contributed by atoms with Gasteiger partial charge in [-0.2, -0.15) is 0 Å². The third-order valence-electron chi connectivity index (χ3n) is 3.49. The summed E-state index contributed by atoms with van der Waals surface area (Å²) in [6.45, 7) is 0. The van der Waals surface area contributed by atoms with Crippen LogP contribution in [0.1, 0.15) is 64.2 Å². The summed E-state index contributed by atoms with van der Waals surface area (Å²) in [6, 6.07) is 0. The van der Waals surface area contributed by atoms with Crippen molar-refractivity contribution in [1.82, 2.24) is 0 Å². The number of hydrogen-bond donors (Lipinski definition) is 0. The van der Waals surface area contributed by atoms with Crippen molar-refractivity contribution in [2.24, 2.45) is 0 Å². The van der Waals surface area contributed by atoms with Crippen LogP contribution in [0.5, 0.6) is 0 Å². The van der Waals surface area contributed by atoms with Gasteiger partial charge in [-0.05, 0) is 25.7 Å². The van der Waals surface area contributed by atoms with Crippen molar-refractivity contribution in [1.29, 1.82) is 0 Å². The zero-order valence-electron chi connectivity index (χ0n) is 8.63. The second-order valence-corrected chi connectivity index (χ2v) is 4.66. The first-order valence-electron chi connectivity index (χ1n) is 6.10. The Hall–Kier alpha value is 0.726. The monoisotopic (exact) mass is 208 g/mol. The number of rotatable bonds is 2. The van der Waals surface area contributed by atoms with Crippen LogP contribution < -0.4 is 0 Å². The molecule has 14 heavy (non-hydrogen) atoms. The maximum absolute atomic E-state index is 6.13. The van der Waals surface area contributed by atoms with Crippen molar-refractivity contribution in [3.63, 3.8) is 0 Å². The molecule has 2 aliphatic carbocycles. The van der Waals surface area contributed by atoms with Crippen LogP contribution >= 0.6 is 0 Å². The highest BCUT2D eigenvalue weighted by Gasteiger charge is 2.20. The maximum Gasteiger partial charge on any atom is 0.316 e. The summed E-state index contributed by atoms with van der Waals surface area (Å²) in [4.78, 5) is 0. The molecule has 0 aromatic carbocycles. The predicted molar refractivity (Wildman–Crippen MR) is 63.4 cm³/mol. The predicted octanol–water partition coefficient (Wildman–Crippen LogP) is 2.75. The van der Waals surface area contributed by atoms with E-state index in [4.69, 9.17) is 4.74 Å². The molecule has 2 heteroatoms. The summed E-state index contributed by atoms with van der Waals surface area (Å²) >= 11 is 0. The lowest BCUT2D eigenvalue weighted by atomic mass is 9.95. The maximum atomic E-state index is 6.13. The van der Waals surface area contributed by atoms with Crippen molar-refractivity contribution >= 4 is 23.1 Å². The first-order valence-corrected chi connectivity index (χ1v) is 6.10. The summed E-state index contributed by atoms with van der Waals surface area (Å²) in [5.74, 6) is 0. The van der Waals surface area contributed by atoms with Gasteiger partial charge in [0.05, 0.1) is 12.2 Å². The molecule has 80 valence electrons. The SMILES string of the molecule is C1CCC(OC2CCCCC2)CC1.[MgH2]. The van der Waals surface area contributed by atoms with Crippen molar-refractivity contribution < 1.29 is 4.74 Å². The van der Waals surface area contributed by atoms with E-state index in [1.54, 1.807) is 0 Å². The second-order valence-electron chi connectivity index (χ2n) is 4.66. The fourth-order valence-corrected chi connectivity index (χ4v) is 2.67. The third-order valence-corrected chi connectivity index (χ3v) is 3.49. The molecule has 2 aliphatic rings. The molecule has 2 saturated carbocycles. The Labute approximate surface area is 104 Å². The lowest BCUT2D eigenvalue weighted by Gasteiger charge is -2.29. The molecule has 0 aromatic heterocycles. The second kappa shape index (κ2) is 7.07. The molecule has 2 fully saturated rings. The van der Waals surface area contributed by atoms with Gasteiger partial charge < -0.3 is 4.74 Å². The fraction of sp³-hybridized carbons (Fsp3) is 1.00. The van der Waals surface area contributed by atoms with Gasteiger partial charge in [0.15, 0.2) is 0 Å². The van der Waals surface area contributed by atoms with E-state index < -0.39 is 0 Å². The number of hydrogen-bond acceptors (Lipinski definition) is 1. The van der Waals surface area contributed by atoms with E-state index in [1.165, 1.54) is 64.2 Å². The molecule has 1 nitrogen and oxygen atoms in total. The average Bonchev–Trinajstić information content (AvgIpc) is 2.21. The lowest BCUT2D eigenvalue weighted by molar-refractivity contribution is -0.0450. The molecule has 0 spiro atoms. The van der Waals surface area contributed by atoms with Crippen molar-refractivity contribution in [3.8, 4) is 0 Å². The molecule has 0 radical (unpaired) electrons. The van der Waals surface area contributed by atoms with Gasteiger partial charge >= 0.3 is 23.1 Å². The first-order chi connectivity index (χ1) is 6.45. The zero-order chi connectivity index (χ0) is 8.93. The Morgan fingerprint density at radius 1 is 0.571 bits per heavy atom. The van der Waals surface area contributed by atoms with Crippen LogP contribution in [0.15, 0.2) is 0 Å². The summed E-state index contributed by atoms with van der Waals surface area (Å²) in [5, 5.41) is 0. The summed E-state index contributed by atoms with van der Waals surface area (Å²) in [6.07, 6.45) is 15.0. The molecule has 0 bridgehead atoms. The lowest BCUT2D eigenvalue weighted by Crippen LogP contribution is -2.25. The third kappa shape index (κ3) is 4.07. The molecule has 2 rings (SSSR count). The molecule has 0 aliphatic heterocycles. The van der Waals surface area contributed by atoms with E-state index in [0.717, 1.165) is 0 Å². The van der Waals surface area contributed by atoms with Crippen LogP contribution in [-0.4, -0.2) is 35.3 Å². The Morgan fingerprint density at radius 3 is 1.29 bits per heavy atom. The molecule has 0 N–H and O–H groups in total. The largest absolute Gasteiger partial charge is 0.375 e. The minimum atomic E-state index is 0. The molecule has 0 saturated heterocycles. The highest BCUT2D eigenvalue weighted by molar-refractivity contribution is 5.75. The Kier molecular flexibility index (Phi) is 6.47. The molecule has 0 atom stereocenters. The molecule has 0 unspecified atom stereocenters. The van der Waals surface area contributed by atoms with E-state index in [9.17, 15) is 0 Å². The van der Waals surface area contributed by atoms with E-state index in [0.29, 0.717) is 12.2 Å². The molecule has 0 heterocycles. The van der Waals surface area contributed by atoms with Gasteiger partial charge in [-0.1, -0.05) is 38.5 Å². The highest BCUT2D eigenvalue weighted by Crippen LogP contribution is 2.26. The Balaban J connectivity index is 0.000000980. The standard InChI is InChI=1S/C12H22O.Mg.2H/c1-3-7-11(8-4-1)13-12-9-5-2-6-10-12;;;/h11-12H,1-10H2;;;. The van der Waals surface area contributed by atoms with Gasteiger partial charge in [-0.3, -0.25) is 0 Å². The van der Waals surface area contributed by atoms with Crippen LogP contribution in [-0.2, 0) is 4.74 Å². The van der Waals surface area contributed by atoms with Gasteiger partial charge in [0.1, 0.15) is 0 Å². The van der Waals surface area contributed by atoms with Crippen molar-refractivity contribution in [2.75, 3.05) is 0 Å².